The lowest BCUT2D eigenvalue weighted by atomic mass is 9.83. The Labute approximate surface area is 194 Å². The molecule has 8 heteroatoms. The van der Waals surface area contributed by atoms with Crippen molar-refractivity contribution in [3.8, 4) is 11.4 Å². The molecule has 3 heterocycles. The van der Waals surface area contributed by atoms with Gasteiger partial charge in [0.2, 0.25) is 5.91 Å². The van der Waals surface area contributed by atoms with Crippen LogP contribution < -0.4 is 5.73 Å². The molecule has 2 aromatic rings. The molecule has 1 spiro atoms. The Morgan fingerprint density at radius 3 is 2.58 bits per heavy atom. The monoisotopic (exact) mass is 462 g/mol. The molecule has 0 unspecified atom stereocenters. The summed E-state index contributed by atoms with van der Waals surface area (Å²) in [5, 5.41) is 0. The molecule has 4 rings (SSSR count). The molecular weight excluding hydrogens is 432 g/mol. The summed E-state index contributed by atoms with van der Waals surface area (Å²) >= 11 is 1.63. The number of carbonyl (C=O) groups is 1. The predicted octanol–water partition coefficient (Wildman–Crippen LogP) is 3.42. The Balaban J connectivity index is 0.00000272. The minimum atomic E-state index is -0.520. The highest BCUT2D eigenvalue weighted by Crippen LogP contribution is 2.41. The number of ether oxygens (including phenoxy) is 1. The van der Waals surface area contributed by atoms with Gasteiger partial charge in [0.1, 0.15) is 5.60 Å². The largest absolute Gasteiger partial charge is 0.368 e. The zero-order valence-electron chi connectivity index (χ0n) is 18.3. The molecule has 1 saturated heterocycles. The average Bonchev–Trinajstić information content (AvgIpc) is 2.79. The standard InChI is InChI=1S/C23H30N4O2S.ClH/c1-22(2,30-3)18(24)21(28)27-12-10-23(11-13-27)19-17(9-14-29-23)15-25-20(26-19)16-7-5-4-6-8-16;/h4-8,15,18H,9-14,24H2,1-3H3;1H/t18-;/m1./s1. The van der Waals surface area contributed by atoms with Crippen molar-refractivity contribution in [1.82, 2.24) is 14.9 Å². The van der Waals surface area contributed by atoms with Crippen LogP contribution in [0.3, 0.4) is 0 Å². The van der Waals surface area contributed by atoms with Gasteiger partial charge in [-0.2, -0.15) is 11.8 Å². The fraction of sp³-hybridized carbons (Fsp3) is 0.522. The molecule has 0 saturated carbocycles. The van der Waals surface area contributed by atoms with Crippen LogP contribution in [0.5, 0.6) is 0 Å². The van der Waals surface area contributed by atoms with Gasteiger partial charge in [-0.15, -0.1) is 12.4 Å². The maximum Gasteiger partial charge on any atom is 0.240 e. The second-order valence-corrected chi connectivity index (χ2v) is 10.1. The summed E-state index contributed by atoms with van der Waals surface area (Å²) in [4.78, 5) is 24.4. The van der Waals surface area contributed by atoms with Gasteiger partial charge in [-0.05, 0) is 44.9 Å². The number of benzene rings is 1. The Morgan fingerprint density at radius 2 is 1.94 bits per heavy atom. The van der Waals surface area contributed by atoms with Gasteiger partial charge in [-0.3, -0.25) is 4.79 Å². The molecule has 2 aliphatic rings. The predicted molar refractivity (Wildman–Crippen MR) is 127 cm³/mol. The maximum absolute atomic E-state index is 13.0. The molecule has 1 atom stereocenters. The van der Waals surface area contributed by atoms with Crippen LogP contribution in [0, 0.1) is 0 Å². The highest BCUT2D eigenvalue weighted by atomic mass is 35.5. The van der Waals surface area contributed by atoms with Crippen molar-refractivity contribution < 1.29 is 9.53 Å². The number of nitrogens with zero attached hydrogens (tertiary/aromatic N) is 3. The number of thioether (sulfide) groups is 1. The van der Waals surface area contributed by atoms with E-state index in [0.717, 1.165) is 41.9 Å². The Bertz CT molecular complexity index is 917. The molecule has 0 bridgehead atoms. The number of fused-ring (bicyclic) bond motifs is 2. The smallest absolute Gasteiger partial charge is 0.240 e. The van der Waals surface area contributed by atoms with Crippen LogP contribution in [0.25, 0.3) is 11.4 Å². The molecule has 1 amide bonds. The van der Waals surface area contributed by atoms with Crippen molar-refractivity contribution in [3.63, 3.8) is 0 Å². The number of halogens is 1. The van der Waals surface area contributed by atoms with Gasteiger partial charge in [-0.1, -0.05) is 30.3 Å². The van der Waals surface area contributed by atoms with Gasteiger partial charge in [0, 0.05) is 29.6 Å². The van der Waals surface area contributed by atoms with E-state index in [1.807, 2.05) is 61.5 Å². The van der Waals surface area contributed by atoms with Gasteiger partial charge < -0.3 is 15.4 Å². The first-order chi connectivity index (χ1) is 14.4. The summed E-state index contributed by atoms with van der Waals surface area (Å²) < 4.78 is 6.04. The van der Waals surface area contributed by atoms with Crippen LogP contribution in [0.4, 0.5) is 0 Å². The van der Waals surface area contributed by atoms with Crippen molar-refractivity contribution in [3.05, 3.63) is 47.8 Å². The minimum absolute atomic E-state index is 0. The van der Waals surface area contributed by atoms with E-state index in [2.05, 4.69) is 4.98 Å². The first kappa shape index (κ1) is 24.0. The molecular formula is C23H31ClN4O2S. The number of hydrogen-bond acceptors (Lipinski definition) is 6. The Morgan fingerprint density at radius 1 is 1.26 bits per heavy atom. The molecule has 1 aromatic heterocycles. The van der Waals surface area contributed by atoms with E-state index >= 15 is 0 Å². The number of likely N-dealkylation sites (tertiary alicyclic amines) is 1. The van der Waals surface area contributed by atoms with Crippen LogP contribution in [0.2, 0.25) is 0 Å². The second kappa shape index (κ2) is 9.45. The Kier molecular flexibility index (Phi) is 7.31. The second-order valence-electron chi connectivity index (χ2n) is 8.64. The van der Waals surface area contributed by atoms with E-state index in [-0.39, 0.29) is 23.1 Å². The molecule has 0 radical (unpaired) electrons. The third kappa shape index (κ3) is 4.60. The van der Waals surface area contributed by atoms with Gasteiger partial charge in [0.05, 0.1) is 18.3 Å². The van der Waals surface area contributed by atoms with Crippen molar-refractivity contribution in [2.24, 2.45) is 5.73 Å². The van der Waals surface area contributed by atoms with Gasteiger partial charge >= 0.3 is 0 Å². The topological polar surface area (TPSA) is 81.3 Å². The van der Waals surface area contributed by atoms with Crippen molar-refractivity contribution in [2.45, 2.75) is 49.5 Å². The van der Waals surface area contributed by atoms with E-state index in [0.29, 0.717) is 19.7 Å². The van der Waals surface area contributed by atoms with Gasteiger partial charge in [-0.25, -0.2) is 9.97 Å². The summed E-state index contributed by atoms with van der Waals surface area (Å²) in [5.74, 6) is 0.745. The lowest BCUT2D eigenvalue weighted by Gasteiger charge is -2.45. The first-order valence-electron chi connectivity index (χ1n) is 10.5. The number of aromatic nitrogens is 2. The highest BCUT2D eigenvalue weighted by Gasteiger charge is 2.45. The summed E-state index contributed by atoms with van der Waals surface area (Å²) in [6.07, 6.45) is 6.22. The van der Waals surface area contributed by atoms with Crippen LogP contribution >= 0.6 is 24.2 Å². The fourth-order valence-corrected chi connectivity index (χ4v) is 4.58. The molecule has 6 nitrogen and oxygen atoms in total. The third-order valence-electron chi connectivity index (χ3n) is 6.50. The van der Waals surface area contributed by atoms with Crippen LogP contribution in [0.1, 0.15) is 37.9 Å². The molecule has 2 N–H and O–H groups in total. The average molecular weight is 463 g/mol. The molecule has 31 heavy (non-hydrogen) atoms. The van der Waals surface area contributed by atoms with E-state index in [1.54, 1.807) is 11.8 Å². The van der Waals surface area contributed by atoms with Crippen molar-refractivity contribution >= 4 is 30.1 Å². The maximum atomic E-state index is 13.0. The number of amides is 1. The van der Waals surface area contributed by atoms with E-state index in [4.69, 9.17) is 15.5 Å². The first-order valence-corrected chi connectivity index (χ1v) is 11.7. The highest BCUT2D eigenvalue weighted by molar-refractivity contribution is 8.00. The fourth-order valence-electron chi connectivity index (χ4n) is 4.23. The quantitative estimate of drug-likeness (QED) is 0.749. The minimum Gasteiger partial charge on any atom is -0.368 e. The van der Waals surface area contributed by atoms with Gasteiger partial charge in [0.15, 0.2) is 5.82 Å². The van der Waals surface area contributed by atoms with Gasteiger partial charge in [0.25, 0.3) is 0 Å². The summed E-state index contributed by atoms with van der Waals surface area (Å²) in [6.45, 7) is 5.96. The summed E-state index contributed by atoms with van der Waals surface area (Å²) in [5.41, 5.74) is 9.00. The van der Waals surface area contributed by atoms with E-state index < -0.39 is 11.6 Å². The zero-order valence-corrected chi connectivity index (χ0v) is 20.0. The van der Waals surface area contributed by atoms with Crippen LogP contribution in [-0.2, 0) is 21.6 Å². The normalized spacial score (nSPS) is 18.8. The number of piperidine rings is 1. The van der Waals surface area contributed by atoms with Crippen molar-refractivity contribution in [1.29, 1.82) is 0 Å². The van der Waals surface area contributed by atoms with Crippen LogP contribution in [-0.4, -0.2) is 57.5 Å². The third-order valence-corrected chi connectivity index (χ3v) is 7.81. The molecule has 2 aliphatic heterocycles. The SMILES string of the molecule is CSC(C)(C)[C@H](N)C(=O)N1CCC2(CC1)OCCc1cnc(-c3ccccc3)nc12.Cl. The van der Waals surface area contributed by atoms with E-state index in [1.165, 1.54) is 0 Å². The number of hydrogen-bond donors (Lipinski definition) is 1. The number of carbonyl (C=O) groups excluding carboxylic acids is 1. The Hall–Kier alpha value is -1.67. The van der Waals surface area contributed by atoms with Crippen LogP contribution in [0.15, 0.2) is 36.5 Å². The number of rotatable bonds is 4. The lowest BCUT2D eigenvalue weighted by molar-refractivity contribution is -0.143. The van der Waals surface area contributed by atoms with E-state index in [9.17, 15) is 4.79 Å². The molecule has 1 fully saturated rings. The molecule has 0 aliphatic carbocycles. The number of nitrogens with two attached hydrogens (primary N) is 1. The zero-order chi connectivity index (χ0) is 21.4. The summed E-state index contributed by atoms with van der Waals surface area (Å²) in [7, 11) is 0. The lowest BCUT2D eigenvalue weighted by Crippen LogP contribution is -2.57. The molecule has 1 aromatic carbocycles. The summed E-state index contributed by atoms with van der Waals surface area (Å²) in [6, 6.07) is 9.50. The molecule has 168 valence electrons. The van der Waals surface area contributed by atoms with Crippen molar-refractivity contribution in [2.75, 3.05) is 26.0 Å².